The predicted molar refractivity (Wildman–Crippen MR) is 84.5 cm³/mol. The molecular weight excluding hydrogens is 314 g/mol. The van der Waals surface area contributed by atoms with Gasteiger partial charge in [-0.3, -0.25) is 4.79 Å². The van der Waals surface area contributed by atoms with Gasteiger partial charge in [0.1, 0.15) is 5.60 Å². The summed E-state index contributed by atoms with van der Waals surface area (Å²) in [5, 5.41) is 0. The minimum absolute atomic E-state index is 0.0323. The summed E-state index contributed by atoms with van der Waals surface area (Å²) in [5.74, 6) is 0.148. The molecule has 5 nitrogen and oxygen atoms in total. The maximum Gasteiger partial charge on any atom is 0.243 e. The molecule has 0 amide bonds. The summed E-state index contributed by atoms with van der Waals surface area (Å²) in [7, 11) is -3.49. The molecule has 0 radical (unpaired) electrons. The molecule has 124 valence electrons. The second-order valence-corrected chi connectivity index (χ2v) is 9.32. The normalized spacial score (nSPS) is 42.2. The molecule has 5 atom stereocenters. The molecule has 0 spiro atoms. The van der Waals surface area contributed by atoms with Crippen LogP contribution in [0.2, 0.25) is 0 Å². The van der Waals surface area contributed by atoms with E-state index in [1.165, 1.54) is 4.31 Å². The summed E-state index contributed by atoms with van der Waals surface area (Å²) in [6.07, 6.45) is 1.14. The van der Waals surface area contributed by atoms with E-state index in [1.54, 1.807) is 24.3 Å². The maximum atomic E-state index is 12.8. The van der Waals surface area contributed by atoms with Gasteiger partial charge in [-0.05, 0) is 45.2 Å². The molecule has 2 saturated heterocycles. The molecule has 3 aliphatic rings. The van der Waals surface area contributed by atoms with E-state index >= 15 is 0 Å². The highest BCUT2D eigenvalue weighted by atomic mass is 32.2. The first-order valence-electron chi connectivity index (χ1n) is 7.98. The fraction of sp³-hybridized carbons (Fsp3) is 0.588. The van der Waals surface area contributed by atoms with E-state index in [2.05, 4.69) is 0 Å². The van der Waals surface area contributed by atoms with Crippen LogP contribution in [-0.4, -0.2) is 42.3 Å². The molecule has 1 aliphatic carbocycles. The fourth-order valence-electron chi connectivity index (χ4n) is 3.81. The van der Waals surface area contributed by atoms with Gasteiger partial charge in [0.15, 0.2) is 5.78 Å². The van der Waals surface area contributed by atoms with Crippen molar-refractivity contribution in [3.8, 4) is 0 Å². The summed E-state index contributed by atoms with van der Waals surface area (Å²) in [4.78, 5) is 12.5. The van der Waals surface area contributed by atoms with Gasteiger partial charge in [0.25, 0.3) is 0 Å². The van der Waals surface area contributed by atoms with Crippen molar-refractivity contribution in [2.24, 2.45) is 5.92 Å². The zero-order valence-corrected chi connectivity index (χ0v) is 14.4. The van der Waals surface area contributed by atoms with Gasteiger partial charge in [0, 0.05) is 13.0 Å². The van der Waals surface area contributed by atoms with Crippen LogP contribution in [0.25, 0.3) is 0 Å². The largest absolute Gasteiger partial charge is 0.358 e. The van der Waals surface area contributed by atoms with Crippen LogP contribution in [-0.2, 0) is 19.6 Å². The number of rotatable bonds is 3. The summed E-state index contributed by atoms with van der Waals surface area (Å²) < 4.78 is 32.7. The number of carbonyl (C=O) groups excluding carboxylic acids is 1. The standard InChI is InChI=1S/C17H21NO4S/c1-11-4-6-13(7-5-11)23(20,21)18-10-16(18,2)12-8-14(19)17(3)15(9-12)22-17/h4-7,12,15H,8-10H2,1-3H3/t12-,15+,16+,17-,18?/m0/s1. The van der Waals surface area contributed by atoms with Crippen LogP contribution in [0.5, 0.6) is 0 Å². The molecule has 3 fully saturated rings. The van der Waals surface area contributed by atoms with Crippen LogP contribution in [0.4, 0.5) is 0 Å². The molecule has 2 heterocycles. The van der Waals surface area contributed by atoms with Gasteiger partial charge in [-0.2, -0.15) is 4.31 Å². The third-order valence-electron chi connectivity index (χ3n) is 5.85. The molecule has 2 aliphatic heterocycles. The van der Waals surface area contributed by atoms with Crippen molar-refractivity contribution < 1.29 is 17.9 Å². The van der Waals surface area contributed by atoms with E-state index in [4.69, 9.17) is 4.74 Å². The van der Waals surface area contributed by atoms with Crippen LogP contribution in [0.15, 0.2) is 29.2 Å². The highest BCUT2D eigenvalue weighted by Crippen LogP contribution is 2.55. The number of ketones is 1. The lowest BCUT2D eigenvalue weighted by Gasteiger charge is -2.27. The van der Waals surface area contributed by atoms with Crippen molar-refractivity contribution in [2.45, 2.75) is 55.8 Å². The Balaban J connectivity index is 1.56. The predicted octanol–water partition coefficient (Wildman–Crippen LogP) is 1.89. The highest BCUT2D eigenvalue weighted by molar-refractivity contribution is 7.89. The van der Waals surface area contributed by atoms with Crippen LogP contribution in [0.3, 0.4) is 0 Å². The maximum absolute atomic E-state index is 12.8. The van der Waals surface area contributed by atoms with Crippen LogP contribution >= 0.6 is 0 Å². The molecule has 6 heteroatoms. The smallest absolute Gasteiger partial charge is 0.243 e. The highest BCUT2D eigenvalue weighted by Gasteiger charge is 2.68. The number of hydrogen-bond acceptors (Lipinski definition) is 4. The van der Waals surface area contributed by atoms with E-state index < -0.39 is 21.2 Å². The second-order valence-electron chi connectivity index (χ2n) is 7.46. The zero-order valence-electron chi connectivity index (χ0n) is 13.6. The lowest BCUT2D eigenvalue weighted by Crippen LogP contribution is -2.39. The number of carbonyl (C=O) groups is 1. The third-order valence-corrected chi connectivity index (χ3v) is 7.84. The monoisotopic (exact) mass is 335 g/mol. The van der Waals surface area contributed by atoms with Gasteiger partial charge >= 0.3 is 0 Å². The number of Topliss-reactive ketones (excluding diaryl/α,β-unsaturated/α-hetero) is 1. The quantitative estimate of drug-likeness (QED) is 0.791. The number of epoxide rings is 1. The van der Waals surface area contributed by atoms with E-state index in [1.807, 2.05) is 20.8 Å². The Labute approximate surface area is 136 Å². The topological polar surface area (TPSA) is 66.8 Å². The van der Waals surface area contributed by atoms with Gasteiger partial charge in [0.2, 0.25) is 10.0 Å². The van der Waals surface area contributed by atoms with Crippen LogP contribution in [0.1, 0.15) is 32.3 Å². The minimum atomic E-state index is -3.49. The van der Waals surface area contributed by atoms with E-state index in [0.29, 0.717) is 17.9 Å². The molecule has 23 heavy (non-hydrogen) atoms. The van der Waals surface area contributed by atoms with Crippen molar-refractivity contribution in [2.75, 3.05) is 6.54 Å². The summed E-state index contributed by atoms with van der Waals surface area (Å²) in [6.45, 7) is 6.19. The van der Waals surface area contributed by atoms with Crippen LogP contribution in [0, 0.1) is 12.8 Å². The third kappa shape index (κ3) is 2.12. The number of ether oxygens (including phenoxy) is 1. The lowest BCUT2D eigenvalue weighted by atomic mass is 9.76. The van der Waals surface area contributed by atoms with Crippen molar-refractivity contribution in [3.05, 3.63) is 29.8 Å². The summed E-state index contributed by atoms with van der Waals surface area (Å²) in [6, 6.07) is 6.91. The van der Waals surface area contributed by atoms with E-state index in [-0.39, 0.29) is 17.8 Å². The van der Waals surface area contributed by atoms with Gasteiger partial charge in [-0.1, -0.05) is 17.7 Å². The van der Waals surface area contributed by atoms with Gasteiger partial charge in [0.05, 0.1) is 16.5 Å². The van der Waals surface area contributed by atoms with Crippen molar-refractivity contribution in [1.29, 1.82) is 0 Å². The molecule has 1 saturated carbocycles. The SMILES string of the molecule is Cc1ccc(S(=O)(=O)N2C[C@]2(C)[C@H]2CC(=O)[C@]3(C)O[C@@H]3C2)cc1. The number of benzene rings is 1. The Morgan fingerprint density at radius 3 is 2.48 bits per heavy atom. The van der Waals surface area contributed by atoms with Crippen molar-refractivity contribution in [3.63, 3.8) is 0 Å². The lowest BCUT2D eigenvalue weighted by molar-refractivity contribution is -0.125. The zero-order chi connectivity index (χ0) is 16.6. The first-order valence-corrected chi connectivity index (χ1v) is 9.42. The average molecular weight is 335 g/mol. The fourth-order valence-corrected chi connectivity index (χ4v) is 5.67. The van der Waals surface area contributed by atoms with Gasteiger partial charge in [-0.15, -0.1) is 0 Å². The average Bonchev–Trinajstić information content (AvgIpc) is 3.36. The Morgan fingerprint density at radius 2 is 1.87 bits per heavy atom. The minimum Gasteiger partial charge on any atom is -0.358 e. The van der Waals surface area contributed by atoms with E-state index in [9.17, 15) is 13.2 Å². The number of aryl methyl sites for hydroxylation is 1. The Kier molecular flexibility index (Phi) is 2.95. The molecule has 1 unspecified atom stereocenters. The van der Waals surface area contributed by atoms with Crippen molar-refractivity contribution >= 4 is 15.8 Å². The van der Waals surface area contributed by atoms with Gasteiger partial charge in [-0.25, -0.2) is 8.42 Å². The summed E-state index contributed by atoms with van der Waals surface area (Å²) in [5.41, 5.74) is -0.0322. The first-order chi connectivity index (χ1) is 10.7. The molecule has 1 aromatic rings. The number of sulfonamides is 1. The van der Waals surface area contributed by atoms with Crippen LogP contribution < -0.4 is 0 Å². The number of hydrogen-bond donors (Lipinski definition) is 0. The summed E-state index contributed by atoms with van der Waals surface area (Å²) >= 11 is 0. The molecule has 4 rings (SSSR count). The number of nitrogens with zero attached hydrogens (tertiary/aromatic N) is 1. The van der Waals surface area contributed by atoms with Crippen molar-refractivity contribution in [1.82, 2.24) is 4.31 Å². The number of fused-ring (bicyclic) bond motifs is 1. The molecule has 0 bridgehead atoms. The first kappa shape index (κ1) is 15.3. The Hall–Kier alpha value is -1.24. The Bertz CT molecular complexity index is 787. The molecular formula is C17H21NO4S. The molecule has 0 N–H and O–H groups in total. The van der Waals surface area contributed by atoms with E-state index in [0.717, 1.165) is 12.0 Å². The van der Waals surface area contributed by atoms with Gasteiger partial charge < -0.3 is 4.74 Å². The molecule has 0 aromatic heterocycles. The molecule has 1 aromatic carbocycles. The Morgan fingerprint density at radius 1 is 1.22 bits per heavy atom. The second kappa shape index (κ2) is 4.43.